The standard InChI is InChI=1S/C19H24N4O5S/c1-27-14-19(24)21-15-6-7-18(20-13-15)22-8-10-23(11-9-22)29(25,26)17-5-3-4-16(12-17)28-2/h3-7,12-13H,8-11,14H2,1-2H3,(H,21,24). The Labute approximate surface area is 170 Å². The first-order chi connectivity index (χ1) is 13.9. The van der Waals surface area contributed by atoms with Crippen LogP contribution in [-0.2, 0) is 19.6 Å². The number of nitrogens with one attached hydrogen (secondary N) is 1. The molecule has 9 nitrogen and oxygen atoms in total. The summed E-state index contributed by atoms with van der Waals surface area (Å²) in [5, 5.41) is 2.68. The Morgan fingerprint density at radius 2 is 1.90 bits per heavy atom. The smallest absolute Gasteiger partial charge is 0.250 e. The normalized spacial score (nSPS) is 15.2. The molecule has 2 heterocycles. The number of rotatable bonds is 7. The molecule has 1 amide bonds. The molecule has 1 saturated heterocycles. The highest BCUT2D eigenvalue weighted by Crippen LogP contribution is 2.23. The van der Waals surface area contributed by atoms with Crippen LogP contribution in [0.2, 0.25) is 0 Å². The molecule has 1 aromatic carbocycles. The molecule has 0 aliphatic carbocycles. The second kappa shape index (κ2) is 9.21. The van der Waals surface area contributed by atoms with Crippen LogP contribution in [0.3, 0.4) is 0 Å². The van der Waals surface area contributed by atoms with Crippen molar-refractivity contribution in [2.45, 2.75) is 4.90 Å². The summed E-state index contributed by atoms with van der Waals surface area (Å²) in [6.07, 6.45) is 1.57. The Kier molecular flexibility index (Phi) is 6.68. The lowest BCUT2D eigenvalue weighted by molar-refractivity contribution is -0.119. The van der Waals surface area contributed by atoms with Crippen molar-refractivity contribution in [3.05, 3.63) is 42.6 Å². The molecule has 2 aromatic rings. The third-order valence-electron chi connectivity index (χ3n) is 4.55. The summed E-state index contributed by atoms with van der Waals surface area (Å²) in [4.78, 5) is 18.1. The lowest BCUT2D eigenvalue weighted by atomic mass is 10.3. The summed E-state index contributed by atoms with van der Waals surface area (Å²) in [5.74, 6) is 0.984. The molecule has 3 rings (SSSR count). The quantitative estimate of drug-likeness (QED) is 0.718. The van der Waals surface area contributed by atoms with E-state index in [0.29, 0.717) is 37.6 Å². The van der Waals surface area contributed by atoms with Gasteiger partial charge in [0.25, 0.3) is 0 Å². The fourth-order valence-electron chi connectivity index (χ4n) is 3.04. The van der Waals surface area contributed by atoms with Gasteiger partial charge in [-0.2, -0.15) is 4.31 Å². The molecule has 0 saturated carbocycles. The van der Waals surface area contributed by atoms with Crippen LogP contribution in [-0.4, -0.2) is 70.6 Å². The topological polar surface area (TPSA) is 101 Å². The van der Waals surface area contributed by atoms with Gasteiger partial charge in [0, 0.05) is 39.4 Å². The van der Waals surface area contributed by atoms with Crippen molar-refractivity contribution >= 4 is 27.4 Å². The van der Waals surface area contributed by atoms with E-state index in [1.54, 1.807) is 36.5 Å². The van der Waals surface area contributed by atoms with Crippen LogP contribution in [0.5, 0.6) is 5.75 Å². The summed E-state index contributed by atoms with van der Waals surface area (Å²) in [5.41, 5.74) is 0.579. The number of benzene rings is 1. The Balaban J connectivity index is 1.62. The number of piperazine rings is 1. The van der Waals surface area contributed by atoms with E-state index in [-0.39, 0.29) is 17.4 Å². The van der Waals surface area contributed by atoms with Crippen LogP contribution in [0.1, 0.15) is 0 Å². The maximum Gasteiger partial charge on any atom is 0.250 e. The molecule has 1 N–H and O–H groups in total. The number of hydrogen-bond donors (Lipinski definition) is 1. The second-order valence-corrected chi connectivity index (χ2v) is 8.39. The van der Waals surface area contributed by atoms with Gasteiger partial charge in [0.2, 0.25) is 15.9 Å². The zero-order valence-electron chi connectivity index (χ0n) is 16.4. The van der Waals surface area contributed by atoms with E-state index in [9.17, 15) is 13.2 Å². The largest absolute Gasteiger partial charge is 0.497 e. The van der Waals surface area contributed by atoms with Gasteiger partial charge in [-0.15, -0.1) is 0 Å². The van der Waals surface area contributed by atoms with Gasteiger partial charge in [-0.1, -0.05) is 6.07 Å². The Morgan fingerprint density at radius 3 is 2.52 bits per heavy atom. The third-order valence-corrected chi connectivity index (χ3v) is 6.44. The summed E-state index contributed by atoms with van der Waals surface area (Å²) in [6.45, 7) is 1.73. The number of aromatic nitrogens is 1. The highest BCUT2D eigenvalue weighted by Gasteiger charge is 2.29. The first-order valence-electron chi connectivity index (χ1n) is 9.08. The summed E-state index contributed by atoms with van der Waals surface area (Å²) < 4.78 is 37.1. The van der Waals surface area contributed by atoms with Crippen molar-refractivity contribution < 1.29 is 22.7 Å². The van der Waals surface area contributed by atoms with E-state index in [4.69, 9.17) is 9.47 Å². The summed E-state index contributed by atoms with van der Waals surface area (Å²) in [6, 6.07) is 10.0. The van der Waals surface area contributed by atoms with Gasteiger partial charge in [-0.25, -0.2) is 13.4 Å². The fraction of sp³-hybridized carbons (Fsp3) is 0.368. The number of ether oxygens (including phenoxy) is 2. The average molecular weight is 420 g/mol. The zero-order chi connectivity index (χ0) is 20.9. The van der Waals surface area contributed by atoms with Crippen LogP contribution in [0.4, 0.5) is 11.5 Å². The number of amides is 1. The Bertz CT molecular complexity index is 941. The van der Waals surface area contributed by atoms with Crippen LogP contribution in [0, 0.1) is 0 Å². The number of sulfonamides is 1. The van der Waals surface area contributed by atoms with Gasteiger partial charge >= 0.3 is 0 Å². The minimum atomic E-state index is -3.58. The minimum absolute atomic E-state index is 0.0223. The van der Waals surface area contributed by atoms with Crippen LogP contribution >= 0.6 is 0 Å². The van der Waals surface area contributed by atoms with Gasteiger partial charge < -0.3 is 19.7 Å². The number of carbonyl (C=O) groups is 1. The summed E-state index contributed by atoms with van der Waals surface area (Å²) in [7, 11) is -0.620. The monoisotopic (exact) mass is 420 g/mol. The molecule has 1 aromatic heterocycles. The van der Waals surface area contributed by atoms with Crippen LogP contribution in [0.25, 0.3) is 0 Å². The molecule has 0 atom stereocenters. The predicted octanol–water partition coefficient (Wildman–Crippen LogP) is 1.19. The highest BCUT2D eigenvalue weighted by atomic mass is 32.2. The van der Waals surface area contributed by atoms with Crippen molar-refractivity contribution in [1.29, 1.82) is 0 Å². The summed E-state index contributed by atoms with van der Waals surface area (Å²) >= 11 is 0. The molecule has 0 unspecified atom stereocenters. The maximum atomic E-state index is 12.9. The maximum absolute atomic E-state index is 12.9. The van der Waals surface area contributed by atoms with Crippen molar-refractivity contribution in [3.8, 4) is 5.75 Å². The zero-order valence-corrected chi connectivity index (χ0v) is 17.2. The van der Waals surface area contributed by atoms with Crippen molar-refractivity contribution in [1.82, 2.24) is 9.29 Å². The number of pyridine rings is 1. The SMILES string of the molecule is COCC(=O)Nc1ccc(N2CCN(S(=O)(=O)c3cccc(OC)c3)CC2)nc1. The molecule has 156 valence electrons. The van der Waals surface area contributed by atoms with E-state index >= 15 is 0 Å². The first kappa shape index (κ1) is 21.0. The molecule has 0 radical (unpaired) electrons. The van der Waals surface area contributed by atoms with Crippen LogP contribution < -0.4 is 15.0 Å². The number of carbonyl (C=O) groups excluding carboxylic acids is 1. The molecule has 0 bridgehead atoms. The Morgan fingerprint density at radius 1 is 1.14 bits per heavy atom. The van der Waals surface area contributed by atoms with Crippen molar-refractivity contribution in [2.75, 3.05) is 57.2 Å². The van der Waals surface area contributed by atoms with Gasteiger partial charge in [0.1, 0.15) is 18.2 Å². The molecule has 1 aliphatic rings. The van der Waals surface area contributed by atoms with E-state index in [1.807, 2.05) is 4.90 Å². The van der Waals surface area contributed by atoms with Crippen molar-refractivity contribution in [3.63, 3.8) is 0 Å². The van der Waals surface area contributed by atoms with Crippen molar-refractivity contribution in [2.24, 2.45) is 0 Å². The molecule has 10 heteroatoms. The number of methoxy groups -OCH3 is 2. The third kappa shape index (κ3) is 5.03. The van der Waals surface area contributed by atoms with Gasteiger partial charge in [-0.3, -0.25) is 4.79 Å². The predicted molar refractivity (Wildman–Crippen MR) is 109 cm³/mol. The lowest BCUT2D eigenvalue weighted by Gasteiger charge is -2.34. The minimum Gasteiger partial charge on any atom is -0.497 e. The highest BCUT2D eigenvalue weighted by molar-refractivity contribution is 7.89. The molecular weight excluding hydrogens is 396 g/mol. The Hall–Kier alpha value is -2.69. The van der Waals surface area contributed by atoms with Gasteiger partial charge in [0.05, 0.1) is 23.9 Å². The molecule has 0 spiro atoms. The van der Waals surface area contributed by atoms with E-state index in [0.717, 1.165) is 5.82 Å². The van der Waals surface area contributed by atoms with E-state index in [1.165, 1.54) is 24.6 Å². The molecule has 1 fully saturated rings. The molecule has 1 aliphatic heterocycles. The lowest BCUT2D eigenvalue weighted by Crippen LogP contribution is -2.48. The number of nitrogens with zero attached hydrogens (tertiary/aromatic N) is 3. The molecular formula is C19H24N4O5S. The molecule has 29 heavy (non-hydrogen) atoms. The fourth-order valence-corrected chi connectivity index (χ4v) is 4.50. The number of hydrogen-bond acceptors (Lipinski definition) is 7. The van der Waals surface area contributed by atoms with E-state index in [2.05, 4.69) is 10.3 Å². The van der Waals surface area contributed by atoms with Crippen LogP contribution in [0.15, 0.2) is 47.5 Å². The van der Waals surface area contributed by atoms with E-state index < -0.39 is 10.0 Å². The second-order valence-electron chi connectivity index (χ2n) is 6.46. The number of anilines is 2. The first-order valence-corrected chi connectivity index (χ1v) is 10.5. The average Bonchev–Trinajstić information content (AvgIpc) is 2.74. The van der Waals surface area contributed by atoms with Gasteiger partial charge in [-0.05, 0) is 24.3 Å². The van der Waals surface area contributed by atoms with Gasteiger partial charge in [0.15, 0.2) is 0 Å².